The van der Waals surface area contributed by atoms with Gasteiger partial charge in [-0.2, -0.15) is 0 Å². The van der Waals surface area contributed by atoms with Gasteiger partial charge in [0, 0.05) is 37.9 Å². The number of likely N-dealkylation sites (tertiary alicyclic amines) is 1. The van der Waals surface area contributed by atoms with Gasteiger partial charge in [-0.15, -0.1) is 0 Å². The SMILES string of the molecule is [C-]#[N+]c1ccc(OCCCN2CCC(C3([C@@H]4CCC[C@H]4OC(C)=O)CN(C)Cc4ccc(F)cc43)CC2)cc1. The van der Waals surface area contributed by atoms with Crippen LogP contribution in [0.5, 0.6) is 5.75 Å². The third-order valence-corrected chi connectivity index (χ3v) is 9.15. The van der Waals surface area contributed by atoms with Crippen molar-refractivity contribution in [3.8, 4) is 5.75 Å². The van der Waals surface area contributed by atoms with Crippen LogP contribution < -0.4 is 4.74 Å². The highest BCUT2D eigenvalue weighted by Gasteiger charge is 2.55. The monoisotopic (exact) mass is 533 g/mol. The summed E-state index contributed by atoms with van der Waals surface area (Å²) in [6, 6.07) is 12.6. The van der Waals surface area contributed by atoms with E-state index in [0.717, 1.165) is 82.6 Å². The Balaban J connectivity index is 1.29. The Hall–Kier alpha value is -2.95. The minimum Gasteiger partial charge on any atom is -0.494 e. The molecule has 3 aliphatic rings. The van der Waals surface area contributed by atoms with Crippen LogP contribution in [0.3, 0.4) is 0 Å². The van der Waals surface area contributed by atoms with E-state index in [0.29, 0.717) is 18.2 Å². The van der Waals surface area contributed by atoms with E-state index in [1.807, 2.05) is 18.2 Å². The van der Waals surface area contributed by atoms with E-state index in [-0.39, 0.29) is 29.2 Å². The van der Waals surface area contributed by atoms with Crippen molar-refractivity contribution in [3.05, 3.63) is 70.8 Å². The number of hydrogen-bond donors (Lipinski definition) is 0. The summed E-state index contributed by atoms with van der Waals surface area (Å²) in [6.45, 7) is 13.9. The molecule has 1 unspecified atom stereocenters. The molecule has 3 atom stereocenters. The molecular formula is C32H40FN3O3. The molecule has 0 aromatic heterocycles. The van der Waals surface area contributed by atoms with Crippen molar-refractivity contribution in [3.63, 3.8) is 0 Å². The van der Waals surface area contributed by atoms with E-state index in [9.17, 15) is 9.18 Å². The van der Waals surface area contributed by atoms with E-state index >= 15 is 0 Å². The molecule has 0 amide bonds. The summed E-state index contributed by atoms with van der Waals surface area (Å²) in [7, 11) is 2.17. The van der Waals surface area contributed by atoms with Crippen LogP contribution in [0.25, 0.3) is 4.85 Å². The minimum atomic E-state index is -0.228. The fourth-order valence-electron chi connectivity index (χ4n) is 7.60. The molecule has 5 rings (SSSR count). The smallest absolute Gasteiger partial charge is 0.302 e. The summed E-state index contributed by atoms with van der Waals surface area (Å²) in [4.78, 5) is 20.4. The molecule has 0 bridgehead atoms. The van der Waals surface area contributed by atoms with Crippen molar-refractivity contribution in [2.75, 3.05) is 39.8 Å². The average molecular weight is 534 g/mol. The van der Waals surface area contributed by atoms with Crippen molar-refractivity contribution < 1.29 is 18.7 Å². The zero-order chi connectivity index (χ0) is 27.4. The molecule has 2 aliphatic heterocycles. The average Bonchev–Trinajstić information content (AvgIpc) is 3.39. The number of carbonyl (C=O) groups excluding carboxylic acids is 1. The largest absolute Gasteiger partial charge is 0.494 e. The molecule has 2 heterocycles. The lowest BCUT2D eigenvalue weighted by Crippen LogP contribution is -2.57. The van der Waals surface area contributed by atoms with Gasteiger partial charge in [-0.25, -0.2) is 9.24 Å². The van der Waals surface area contributed by atoms with Gasteiger partial charge in [0.2, 0.25) is 0 Å². The molecule has 1 aliphatic carbocycles. The van der Waals surface area contributed by atoms with Crippen LogP contribution in [0.15, 0.2) is 42.5 Å². The van der Waals surface area contributed by atoms with Gasteiger partial charge < -0.3 is 19.3 Å². The molecule has 2 fully saturated rings. The predicted molar refractivity (Wildman–Crippen MR) is 149 cm³/mol. The molecule has 2 aromatic carbocycles. The Morgan fingerprint density at radius 2 is 1.90 bits per heavy atom. The summed E-state index contributed by atoms with van der Waals surface area (Å²) in [5.74, 6) is 1.00. The second-order valence-corrected chi connectivity index (χ2v) is 11.6. The lowest BCUT2D eigenvalue weighted by Gasteiger charge is -2.54. The zero-order valence-corrected chi connectivity index (χ0v) is 23.2. The third-order valence-electron chi connectivity index (χ3n) is 9.15. The molecule has 7 heteroatoms. The van der Waals surface area contributed by atoms with Crippen molar-refractivity contribution in [1.29, 1.82) is 0 Å². The highest BCUT2D eigenvalue weighted by Crippen LogP contribution is 2.54. The number of fused-ring (bicyclic) bond motifs is 1. The maximum atomic E-state index is 14.8. The van der Waals surface area contributed by atoms with Crippen molar-refractivity contribution in [2.45, 2.75) is 63.5 Å². The molecule has 0 N–H and O–H groups in total. The van der Waals surface area contributed by atoms with Crippen LogP contribution in [0.1, 0.15) is 56.6 Å². The lowest BCUT2D eigenvalue weighted by molar-refractivity contribution is -0.150. The first-order valence-electron chi connectivity index (χ1n) is 14.4. The number of halogens is 1. The molecule has 2 aromatic rings. The fraction of sp³-hybridized carbons (Fsp3) is 0.562. The first-order valence-corrected chi connectivity index (χ1v) is 14.4. The van der Waals surface area contributed by atoms with Gasteiger partial charge in [0.25, 0.3) is 0 Å². The van der Waals surface area contributed by atoms with Gasteiger partial charge in [0.05, 0.1) is 13.2 Å². The number of nitrogens with zero attached hydrogens (tertiary/aromatic N) is 3. The predicted octanol–water partition coefficient (Wildman–Crippen LogP) is 5.97. The number of esters is 1. The number of carbonyl (C=O) groups is 1. The second-order valence-electron chi connectivity index (χ2n) is 11.6. The topological polar surface area (TPSA) is 46.4 Å². The molecule has 6 nitrogen and oxygen atoms in total. The Morgan fingerprint density at radius 1 is 1.13 bits per heavy atom. The minimum absolute atomic E-state index is 0.107. The molecule has 39 heavy (non-hydrogen) atoms. The van der Waals surface area contributed by atoms with Crippen molar-refractivity contribution in [1.82, 2.24) is 9.80 Å². The standard InChI is InChI=1S/C32H40FN3O3/c1-23(37)39-31-7-4-6-29(31)32(22-35(3)21-24-8-9-26(33)20-30(24)32)25-14-17-36(18-15-25)16-5-19-38-28-12-10-27(34-2)11-13-28/h8-13,20,25,29,31H,4-7,14-19,21-22H2,1,3H3/t29-,31-,32?/m1/s1. The highest BCUT2D eigenvalue weighted by molar-refractivity contribution is 5.66. The molecular weight excluding hydrogens is 493 g/mol. The van der Waals surface area contributed by atoms with Gasteiger partial charge in [0.1, 0.15) is 17.7 Å². The van der Waals surface area contributed by atoms with Crippen molar-refractivity contribution in [2.24, 2.45) is 11.8 Å². The summed E-state index contributed by atoms with van der Waals surface area (Å²) in [5.41, 5.74) is 2.76. The second kappa shape index (κ2) is 12.1. The summed E-state index contributed by atoms with van der Waals surface area (Å²) >= 11 is 0. The van der Waals surface area contributed by atoms with Gasteiger partial charge in [-0.3, -0.25) is 4.79 Å². The van der Waals surface area contributed by atoms with Crippen molar-refractivity contribution >= 4 is 11.7 Å². The number of benzene rings is 2. The fourth-order valence-corrected chi connectivity index (χ4v) is 7.60. The Morgan fingerprint density at radius 3 is 2.62 bits per heavy atom. The van der Waals surface area contributed by atoms with Crippen LogP contribution >= 0.6 is 0 Å². The van der Waals surface area contributed by atoms with Gasteiger partial charge >= 0.3 is 5.97 Å². The first kappa shape index (κ1) is 27.6. The van der Waals surface area contributed by atoms with Gasteiger partial charge in [0.15, 0.2) is 5.69 Å². The Labute approximate surface area is 231 Å². The van der Waals surface area contributed by atoms with Gasteiger partial charge in [-0.1, -0.05) is 18.2 Å². The maximum absolute atomic E-state index is 14.8. The van der Waals surface area contributed by atoms with E-state index in [2.05, 4.69) is 21.7 Å². The lowest BCUT2D eigenvalue weighted by atomic mass is 9.56. The molecule has 208 valence electrons. The van der Waals surface area contributed by atoms with Crippen LogP contribution in [-0.4, -0.2) is 61.7 Å². The van der Waals surface area contributed by atoms with Crippen LogP contribution in [-0.2, 0) is 21.5 Å². The normalized spacial score (nSPS) is 26.1. The van der Waals surface area contributed by atoms with Crippen LogP contribution in [0.4, 0.5) is 10.1 Å². The summed E-state index contributed by atoms with van der Waals surface area (Å²) in [5, 5.41) is 0. The Kier molecular flexibility index (Phi) is 8.54. The molecule has 0 spiro atoms. The molecule has 1 saturated heterocycles. The summed E-state index contributed by atoms with van der Waals surface area (Å²) in [6.07, 6.45) is 5.87. The summed E-state index contributed by atoms with van der Waals surface area (Å²) < 4.78 is 26.6. The Bertz CT molecular complexity index is 1190. The number of rotatable bonds is 8. The quantitative estimate of drug-likeness (QED) is 0.238. The van der Waals surface area contributed by atoms with E-state index in [1.54, 1.807) is 24.3 Å². The third kappa shape index (κ3) is 5.97. The number of likely N-dealkylation sites (N-methyl/N-ethyl adjacent to an activating group) is 1. The van der Waals surface area contributed by atoms with E-state index in [1.165, 1.54) is 12.5 Å². The van der Waals surface area contributed by atoms with Gasteiger partial charge in [-0.05, 0) is 100.0 Å². The van der Waals surface area contributed by atoms with Crippen LogP contribution in [0, 0.1) is 24.2 Å². The van der Waals surface area contributed by atoms with E-state index < -0.39 is 0 Å². The highest BCUT2D eigenvalue weighted by atomic mass is 19.1. The maximum Gasteiger partial charge on any atom is 0.302 e. The van der Waals surface area contributed by atoms with Crippen LogP contribution in [0.2, 0.25) is 0 Å². The van der Waals surface area contributed by atoms with E-state index in [4.69, 9.17) is 16.0 Å². The first-order chi connectivity index (χ1) is 18.9. The molecule has 0 radical (unpaired) electrons. The number of hydrogen-bond acceptors (Lipinski definition) is 5. The zero-order valence-electron chi connectivity index (χ0n) is 23.2. The molecule has 1 saturated carbocycles. The number of ether oxygens (including phenoxy) is 2. The number of piperidine rings is 1.